The first-order valence-corrected chi connectivity index (χ1v) is 11.1. The Morgan fingerprint density at radius 3 is 2.18 bits per heavy atom. The molecule has 2 aromatic carbocycles. The predicted molar refractivity (Wildman–Crippen MR) is 132 cm³/mol. The molecular formula is C22H18BrCl4NO6. The second kappa shape index (κ2) is 9.85. The molecule has 0 spiro atoms. The zero-order valence-electron chi connectivity index (χ0n) is 17.6. The highest BCUT2D eigenvalue weighted by Crippen LogP contribution is 2.57. The third-order valence-corrected chi connectivity index (χ3v) is 6.94. The number of cyclic esters (lactones) is 1. The maximum absolute atomic E-state index is 12.8. The number of carbonyl (C=O) groups excluding carboxylic acids is 2. The smallest absolute Gasteiger partial charge is 0.365 e. The van der Waals surface area contributed by atoms with Crippen molar-refractivity contribution in [2.75, 3.05) is 7.11 Å². The first-order valence-electron chi connectivity index (χ1n) is 9.58. The Bertz CT molecular complexity index is 1190. The summed E-state index contributed by atoms with van der Waals surface area (Å²) in [4.78, 5) is 35.8. The quantitative estimate of drug-likeness (QED) is 0.350. The van der Waals surface area contributed by atoms with Gasteiger partial charge < -0.3 is 15.2 Å². The van der Waals surface area contributed by atoms with Crippen LogP contribution in [0.2, 0.25) is 20.1 Å². The van der Waals surface area contributed by atoms with E-state index in [9.17, 15) is 9.59 Å². The lowest BCUT2D eigenvalue weighted by Gasteiger charge is -2.44. The van der Waals surface area contributed by atoms with Crippen LogP contribution in [0.15, 0.2) is 48.2 Å². The molecule has 34 heavy (non-hydrogen) atoms. The van der Waals surface area contributed by atoms with E-state index in [1.165, 1.54) is 32.2 Å². The second-order valence-electron chi connectivity index (χ2n) is 7.77. The highest BCUT2D eigenvalue weighted by atomic mass is 79.9. The first kappa shape index (κ1) is 27.1. The lowest BCUT2D eigenvalue weighted by atomic mass is 9.64. The van der Waals surface area contributed by atoms with E-state index in [0.29, 0.717) is 15.6 Å². The predicted octanol–water partition coefficient (Wildman–Crippen LogP) is 5.52. The minimum atomic E-state index is -1.84. The number of rotatable bonds is 5. The van der Waals surface area contributed by atoms with Crippen LogP contribution in [0.25, 0.3) is 0 Å². The van der Waals surface area contributed by atoms with Gasteiger partial charge in [0.05, 0.1) is 19.1 Å². The number of ether oxygens (including phenoxy) is 2. The summed E-state index contributed by atoms with van der Waals surface area (Å²) in [7, 11) is 1.38. The van der Waals surface area contributed by atoms with Crippen molar-refractivity contribution in [2.24, 2.45) is 5.73 Å². The number of hydrogen-bond acceptors (Lipinski definition) is 7. The van der Waals surface area contributed by atoms with Crippen molar-refractivity contribution < 1.29 is 28.8 Å². The van der Waals surface area contributed by atoms with E-state index in [0.717, 1.165) is 0 Å². The fourth-order valence-electron chi connectivity index (χ4n) is 4.26. The summed E-state index contributed by atoms with van der Waals surface area (Å²) in [5, 5.41) is 1.05. The minimum Gasteiger partial charge on any atom is -0.497 e. The molecule has 0 radical (unpaired) electrons. The van der Waals surface area contributed by atoms with E-state index >= 15 is 0 Å². The fraction of sp³-hybridized carbons (Fsp3) is 0.273. The standard InChI is InChI=1S/C22H17Cl4NO6.BrH/c1-21(27)20(29)32-33-22(21,13-6-4-11(24)8-15(13)26)18(12-5-3-10(23)7-14(12)25)19-16(30-2)9-17(28)31-19;/h3-9,18-19H,27H2,1-2H3;1H/t18?,19?,21-,22?;/m0./s1. The average Bonchev–Trinajstić information content (AvgIpc) is 3.22. The molecule has 2 heterocycles. The Morgan fingerprint density at radius 2 is 1.65 bits per heavy atom. The topological polar surface area (TPSA) is 97.1 Å². The van der Waals surface area contributed by atoms with Gasteiger partial charge in [-0.3, -0.25) is 4.89 Å². The maximum Gasteiger partial charge on any atom is 0.365 e. The maximum atomic E-state index is 12.8. The van der Waals surface area contributed by atoms with E-state index in [2.05, 4.69) is 0 Å². The van der Waals surface area contributed by atoms with Crippen LogP contribution in [0.3, 0.4) is 0 Å². The third kappa shape index (κ3) is 4.19. The van der Waals surface area contributed by atoms with Gasteiger partial charge in [0.15, 0.2) is 17.2 Å². The van der Waals surface area contributed by atoms with E-state index in [1.807, 2.05) is 0 Å². The molecule has 2 aromatic rings. The number of halogens is 5. The second-order valence-corrected chi connectivity index (χ2v) is 9.46. The van der Waals surface area contributed by atoms with Crippen LogP contribution in [0, 0.1) is 0 Å². The molecule has 12 heteroatoms. The first-order chi connectivity index (χ1) is 15.5. The summed E-state index contributed by atoms with van der Waals surface area (Å²) in [5.74, 6) is -2.43. The normalized spacial score (nSPS) is 26.9. The van der Waals surface area contributed by atoms with Crippen molar-refractivity contribution in [1.29, 1.82) is 0 Å². The molecule has 0 amide bonds. The van der Waals surface area contributed by atoms with E-state index in [-0.39, 0.29) is 38.3 Å². The summed E-state index contributed by atoms with van der Waals surface area (Å²) in [5.41, 5.74) is 3.58. The van der Waals surface area contributed by atoms with Crippen LogP contribution in [-0.2, 0) is 34.4 Å². The van der Waals surface area contributed by atoms with Crippen molar-refractivity contribution in [2.45, 2.75) is 30.1 Å². The summed E-state index contributed by atoms with van der Waals surface area (Å²) in [6, 6.07) is 9.29. The Hall–Kier alpha value is -1.52. The van der Waals surface area contributed by atoms with Crippen molar-refractivity contribution in [1.82, 2.24) is 0 Å². The number of esters is 1. The molecule has 4 atom stereocenters. The molecule has 2 aliphatic heterocycles. The Balaban J connectivity index is 0.00000324. The van der Waals surface area contributed by atoms with Crippen molar-refractivity contribution >= 4 is 75.3 Å². The lowest BCUT2D eigenvalue weighted by molar-refractivity contribution is -0.312. The van der Waals surface area contributed by atoms with Gasteiger partial charge in [-0.05, 0) is 36.8 Å². The van der Waals surface area contributed by atoms with Gasteiger partial charge in [-0.2, -0.15) is 4.89 Å². The molecule has 4 rings (SSSR count). The molecule has 2 aliphatic rings. The Kier molecular flexibility index (Phi) is 7.85. The minimum absolute atomic E-state index is 0. The number of methoxy groups -OCH3 is 1. The monoisotopic (exact) mass is 611 g/mol. The van der Waals surface area contributed by atoms with Gasteiger partial charge >= 0.3 is 11.9 Å². The van der Waals surface area contributed by atoms with Crippen LogP contribution in [0.5, 0.6) is 0 Å². The Labute approximate surface area is 225 Å². The summed E-state index contributed by atoms with van der Waals surface area (Å²) in [6.07, 6.45) is 0.0785. The van der Waals surface area contributed by atoms with E-state index in [4.69, 9.17) is 71.4 Å². The molecule has 1 saturated heterocycles. The van der Waals surface area contributed by atoms with Gasteiger partial charge in [0.1, 0.15) is 5.76 Å². The lowest BCUT2D eigenvalue weighted by Crippen LogP contribution is -2.62. The van der Waals surface area contributed by atoms with Crippen molar-refractivity contribution in [3.8, 4) is 0 Å². The molecule has 0 aliphatic carbocycles. The van der Waals surface area contributed by atoms with Crippen LogP contribution in [-0.4, -0.2) is 30.7 Å². The van der Waals surface area contributed by atoms with E-state index < -0.39 is 35.1 Å². The zero-order valence-corrected chi connectivity index (χ0v) is 22.4. The van der Waals surface area contributed by atoms with Crippen LogP contribution in [0.4, 0.5) is 0 Å². The average molecular weight is 614 g/mol. The van der Waals surface area contributed by atoms with Gasteiger partial charge in [0, 0.05) is 25.7 Å². The SMILES string of the molecule is Br.COC1=CC(=O)OC1C(c1ccc(Cl)cc1Cl)C1(c2ccc(Cl)cc2Cl)OOC(=O)[C@]1(C)N. The fourth-order valence-corrected chi connectivity index (χ4v) is 5.33. The van der Waals surface area contributed by atoms with Crippen molar-refractivity contribution in [3.05, 3.63) is 79.5 Å². The van der Waals surface area contributed by atoms with Gasteiger partial charge in [0.2, 0.25) is 0 Å². The van der Waals surface area contributed by atoms with Crippen molar-refractivity contribution in [3.63, 3.8) is 0 Å². The molecule has 2 N–H and O–H groups in total. The molecule has 182 valence electrons. The van der Waals surface area contributed by atoms with E-state index in [1.54, 1.807) is 24.3 Å². The van der Waals surface area contributed by atoms with Crippen LogP contribution in [0.1, 0.15) is 24.0 Å². The van der Waals surface area contributed by atoms with Gasteiger partial charge in [-0.15, -0.1) is 17.0 Å². The molecule has 1 fully saturated rings. The number of benzene rings is 2. The highest BCUT2D eigenvalue weighted by molar-refractivity contribution is 8.93. The largest absolute Gasteiger partial charge is 0.497 e. The van der Waals surface area contributed by atoms with Crippen LogP contribution < -0.4 is 5.73 Å². The molecule has 7 nitrogen and oxygen atoms in total. The Morgan fingerprint density at radius 1 is 1.03 bits per heavy atom. The van der Waals surface area contributed by atoms with Gasteiger partial charge in [-0.25, -0.2) is 9.59 Å². The van der Waals surface area contributed by atoms with Gasteiger partial charge in [0.25, 0.3) is 0 Å². The number of hydrogen-bond donors (Lipinski definition) is 1. The summed E-state index contributed by atoms with van der Waals surface area (Å²) in [6.45, 7) is 1.43. The zero-order chi connectivity index (χ0) is 24.1. The number of nitrogens with two attached hydrogens (primary N) is 1. The van der Waals surface area contributed by atoms with Gasteiger partial charge in [-0.1, -0.05) is 58.5 Å². The van der Waals surface area contributed by atoms with Crippen LogP contribution >= 0.6 is 63.4 Å². The summed E-state index contributed by atoms with van der Waals surface area (Å²) >= 11 is 25.4. The highest BCUT2D eigenvalue weighted by Gasteiger charge is 2.69. The molecular weight excluding hydrogens is 596 g/mol. The molecule has 0 saturated carbocycles. The molecule has 0 aromatic heterocycles. The summed E-state index contributed by atoms with van der Waals surface area (Å²) < 4.78 is 11.0. The molecule has 3 unspecified atom stereocenters. The third-order valence-electron chi connectivity index (χ3n) is 5.83. The molecule has 0 bridgehead atoms. The number of carbonyl (C=O) groups is 2.